The number of furan rings is 1. The highest BCUT2D eigenvalue weighted by Crippen LogP contribution is 2.18. The van der Waals surface area contributed by atoms with Crippen molar-refractivity contribution in [2.45, 2.75) is 42.7 Å². The van der Waals surface area contributed by atoms with Crippen molar-refractivity contribution in [3.8, 4) is 0 Å². The quantitative estimate of drug-likeness (QED) is 0.528. The maximum absolute atomic E-state index is 12.2. The molecule has 26 heavy (non-hydrogen) atoms. The highest BCUT2D eigenvalue weighted by atomic mass is 32.2. The Labute approximate surface area is 158 Å². The summed E-state index contributed by atoms with van der Waals surface area (Å²) in [5.41, 5.74) is -0.634. The van der Waals surface area contributed by atoms with Crippen molar-refractivity contribution in [3.63, 3.8) is 0 Å². The van der Waals surface area contributed by atoms with E-state index in [1.165, 1.54) is 17.0 Å². The topological polar surface area (TPSA) is 88.4 Å². The SMILES string of the molecule is CC(C)(C)NS(=O)(=O)c1ccc(C(=O)NCCCSc2ccccc2)o1. The molecule has 6 nitrogen and oxygen atoms in total. The van der Waals surface area contributed by atoms with Crippen LogP contribution in [-0.2, 0) is 10.0 Å². The monoisotopic (exact) mass is 396 g/mol. The van der Waals surface area contributed by atoms with Gasteiger partial charge in [-0.1, -0.05) is 18.2 Å². The van der Waals surface area contributed by atoms with Crippen LogP contribution in [0.4, 0.5) is 0 Å². The standard InChI is InChI=1S/C18H24N2O4S2/c1-18(2,3)20-26(22,23)16-11-10-15(24-16)17(21)19-12-7-13-25-14-8-5-4-6-9-14/h4-6,8-11,20H,7,12-13H2,1-3H3,(H,19,21). The van der Waals surface area contributed by atoms with Crippen LogP contribution in [0.25, 0.3) is 0 Å². The summed E-state index contributed by atoms with van der Waals surface area (Å²) in [5.74, 6) is 0.430. The average molecular weight is 397 g/mol. The molecule has 2 N–H and O–H groups in total. The molecular formula is C18H24N2O4S2. The van der Waals surface area contributed by atoms with E-state index in [1.54, 1.807) is 32.5 Å². The molecule has 0 unspecified atom stereocenters. The van der Waals surface area contributed by atoms with Gasteiger partial charge in [0.05, 0.1) is 0 Å². The van der Waals surface area contributed by atoms with E-state index >= 15 is 0 Å². The first-order valence-corrected chi connectivity index (χ1v) is 10.7. The zero-order valence-electron chi connectivity index (χ0n) is 15.1. The minimum absolute atomic E-state index is 0.0185. The number of sulfonamides is 1. The third kappa shape index (κ3) is 6.51. The Bertz CT molecular complexity index is 824. The van der Waals surface area contributed by atoms with Crippen molar-refractivity contribution in [1.82, 2.24) is 10.0 Å². The molecule has 0 aliphatic rings. The van der Waals surface area contributed by atoms with Crippen molar-refractivity contribution in [2.24, 2.45) is 0 Å². The Morgan fingerprint density at radius 2 is 1.81 bits per heavy atom. The smallest absolute Gasteiger partial charge is 0.287 e. The fraction of sp³-hybridized carbons (Fsp3) is 0.389. The largest absolute Gasteiger partial charge is 0.438 e. The molecule has 0 saturated carbocycles. The van der Waals surface area contributed by atoms with Gasteiger partial charge in [0, 0.05) is 17.0 Å². The number of thioether (sulfide) groups is 1. The van der Waals surface area contributed by atoms with E-state index < -0.39 is 21.5 Å². The molecule has 142 valence electrons. The fourth-order valence-corrected chi connectivity index (χ4v) is 4.34. The minimum atomic E-state index is -3.79. The fourth-order valence-electron chi connectivity index (χ4n) is 2.11. The van der Waals surface area contributed by atoms with Crippen LogP contribution < -0.4 is 10.0 Å². The lowest BCUT2D eigenvalue weighted by molar-refractivity contribution is 0.0921. The summed E-state index contributed by atoms with van der Waals surface area (Å²) in [5, 5.41) is 2.47. The number of benzene rings is 1. The van der Waals surface area contributed by atoms with Gasteiger partial charge < -0.3 is 9.73 Å². The summed E-state index contributed by atoms with van der Waals surface area (Å²) in [7, 11) is -3.79. The van der Waals surface area contributed by atoms with Gasteiger partial charge in [0.2, 0.25) is 5.09 Å². The molecule has 0 spiro atoms. The molecule has 1 heterocycles. The molecule has 0 aliphatic heterocycles. The van der Waals surface area contributed by atoms with Gasteiger partial charge in [0.25, 0.3) is 15.9 Å². The van der Waals surface area contributed by atoms with E-state index in [9.17, 15) is 13.2 Å². The normalized spacial score (nSPS) is 12.1. The van der Waals surface area contributed by atoms with E-state index in [0.717, 1.165) is 12.2 Å². The molecule has 8 heteroatoms. The summed E-state index contributed by atoms with van der Waals surface area (Å²) < 4.78 is 32.1. The lowest BCUT2D eigenvalue weighted by Gasteiger charge is -2.18. The highest BCUT2D eigenvalue weighted by molar-refractivity contribution is 7.99. The first-order chi connectivity index (χ1) is 12.2. The minimum Gasteiger partial charge on any atom is -0.438 e. The summed E-state index contributed by atoms with van der Waals surface area (Å²) in [4.78, 5) is 13.3. The van der Waals surface area contributed by atoms with Gasteiger partial charge in [-0.05, 0) is 57.2 Å². The number of rotatable bonds is 8. The molecule has 1 amide bonds. The molecule has 0 fully saturated rings. The zero-order chi connectivity index (χ0) is 19.2. The third-order valence-electron chi connectivity index (χ3n) is 3.13. The highest BCUT2D eigenvalue weighted by Gasteiger charge is 2.26. The molecule has 2 aromatic rings. The van der Waals surface area contributed by atoms with Crippen molar-refractivity contribution in [1.29, 1.82) is 0 Å². The van der Waals surface area contributed by atoms with Crippen LogP contribution in [-0.4, -0.2) is 32.2 Å². The lowest BCUT2D eigenvalue weighted by atomic mass is 10.1. The first kappa shape index (κ1) is 20.5. The van der Waals surface area contributed by atoms with Crippen LogP contribution in [0.2, 0.25) is 0 Å². The van der Waals surface area contributed by atoms with E-state index in [4.69, 9.17) is 4.42 Å². The predicted molar refractivity (Wildman–Crippen MR) is 103 cm³/mol. The van der Waals surface area contributed by atoms with Crippen LogP contribution in [0.1, 0.15) is 37.7 Å². The van der Waals surface area contributed by atoms with Gasteiger partial charge in [-0.25, -0.2) is 13.1 Å². The average Bonchev–Trinajstić information content (AvgIpc) is 3.04. The first-order valence-electron chi connectivity index (χ1n) is 8.27. The Morgan fingerprint density at radius 3 is 2.46 bits per heavy atom. The number of hydrogen-bond donors (Lipinski definition) is 2. The second-order valence-corrected chi connectivity index (χ2v) is 9.53. The maximum Gasteiger partial charge on any atom is 0.287 e. The van der Waals surface area contributed by atoms with Gasteiger partial charge in [-0.2, -0.15) is 0 Å². The second kappa shape index (κ2) is 8.75. The van der Waals surface area contributed by atoms with Crippen molar-refractivity contribution >= 4 is 27.7 Å². The molecular weight excluding hydrogens is 372 g/mol. The number of amides is 1. The summed E-state index contributed by atoms with van der Waals surface area (Å²) in [6.07, 6.45) is 0.794. The van der Waals surface area contributed by atoms with E-state index in [-0.39, 0.29) is 10.9 Å². The number of carbonyl (C=O) groups excluding carboxylic acids is 1. The van der Waals surface area contributed by atoms with Crippen molar-refractivity contribution in [2.75, 3.05) is 12.3 Å². The molecule has 0 radical (unpaired) electrons. The molecule has 1 aromatic carbocycles. The molecule has 1 aromatic heterocycles. The van der Waals surface area contributed by atoms with Crippen LogP contribution in [0.5, 0.6) is 0 Å². The Hall–Kier alpha value is -1.77. The van der Waals surface area contributed by atoms with Crippen molar-refractivity contribution < 1.29 is 17.6 Å². The summed E-state index contributed by atoms with van der Waals surface area (Å²) in [6.45, 7) is 5.68. The van der Waals surface area contributed by atoms with Gasteiger partial charge in [-0.15, -0.1) is 11.8 Å². The molecule has 2 rings (SSSR count). The second-order valence-electron chi connectivity index (χ2n) is 6.75. The Kier molecular flexibility index (Phi) is 6.91. The molecule has 0 aliphatic carbocycles. The van der Waals surface area contributed by atoms with Gasteiger partial charge in [-0.3, -0.25) is 4.79 Å². The summed E-state index contributed by atoms with van der Waals surface area (Å²) in [6, 6.07) is 12.7. The maximum atomic E-state index is 12.2. The molecule has 0 bridgehead atoms. The summed E-state index contributed by atoms with van der Waals surface area (Å²) >= 11 is 1.72. The number of nitrogens with one attached hydrogen (secondary N) is 2. The van der Waals surface area contributed by atoms with E-state index in [0.29, 0.717) is 6.54 Å². The van der Waals surface area contributed by atoms with Gasteiger partial charge in [0.15, 0.2) is 5.76 Å². The van der Waals surface area contributed by atoms with Crippen LogP contribution in [0.15, 0.2) is 56.9 Å². The van der Waals surface area contributed by atoms with Crippen LogP contribution >= 0.6 is 11.8 Å². The third-order valence-corrected chi connectivity index (χ3v) is 5.86. The van der Waals surface area contributed by atoms with E-state index in [2.05, 4.69) is 10.0 Å². The van der Waals surface area contributed by atoms with Gasteiger partial charge >= 0.3 is 0 Å². The Balaban J connectivity index is 1.80. The number of carbonyl (C=O) groups is 1. The van der Waals surface area contributed by atoms with Crippen LogP contribution in [0.3, 0.4) is 0 Å². The van der Waals surface area contributed by atoms with Crippen LogP contribution in [0, 0.1) is 0 Å². The zero-order valence-corrected chi connectivity index (χ0v) is 16.7. The van der Waals surface area contributed by atoms with E-state index in [1.807, 2.05) is 30.3 Å². The predicted octanol–water partition coefficient (Wildman–Crippen LogP) is 3.27. The Morgan fingerprint density at radius 1 is 1.12 bits per heavy atom. The lowest BCUT2D eigenvalue weighted by Crippen LogP contribution is -2.40. The molecule has 0 atom stereocenters. The van der Waals surface area contributed by atoms with Crippen molar-refractivity contribution in [3.05, 3.63) is 48.2 Å². The molecule has 0 saturated heterocycles. The number of hydrogen-bond acceptors (Lipinski definition) is 5. The van der Waals surface area contributed by atoms with Gasteiger partial charge in [0.1, 0.15) is 0 Å².